The average Bonchev–Trinajstić information content (AvgIpc) is 2.23. The quantitative estimate of drug-likeness (QED) is 0.553. The predicted octanol–water partition coefficient (Wildman–Crippen LogP) is 3.40. The Morgan fingerprint density at radius 3 is 1.87 bits per heavy atom. The Morgan fingerprint density at radius 2 is 1.27 bits per heavy atom. The summed E-state index contributed by atoms with van der Waals surface area (Å²) in [6.07, 6.45) is -6.41. The molecule has 88 valence electrons. The molecule has 2 aliphatic rings. The third-order valence-electron chi connectivity index (χ3n) is 3.95. The van der Waals surface area contributed by atoms with Crippen LogP contribution in [0.2, 0.25) is 0 Å². The molecule has 7 unspecified atom stereocenters. The minimum absolute atomic E-state index is 0.292. The first kappa shape index (κ1) is 11.2. The third kappa shape index (κ3) is 1.76. The van der Waals surface area contributed by atoms with Crippen LogP contribution in [0.5, 0.6) is 0 Å². The van der Waals surface area contributed by atoms with Crippen molar-refractivity contribution in [3.8, 4) is 0 Å². The molecular formula is C11H16F4. The van der Waals surface area contributed by atoms with E-state index in [1.165, 1.54) is 0 Å². The molecule has 0 spiro atoms. The van der Waals surface area contributed by atoms with Crippen LogP contribution in [0.15, 0.2) is 0 Å². The fraction of sp³-hybridized carbons (Fsp3) is 1.00. The van der Waals surface area contributed by atoms with Crippen LogP contribution in [0.1, 0.15) is 26.2 Å². The van der Waals surface area contributed by atoms with Crippen LogP contribution in [0.4, 0.5) is 17.6 Å². The minimum Gasteiger partial charge on any atom is -0.244 e. The first-order valence-corrected chi connectivity index (χ1v) is 5.58. The molecule has 0 nitrogen and oxygen atoms in total. The van der Waals surface area contributed by atoms with Crippen LogP contribution >= 0.6 is 0 Å². The molecule has 4 heteroatoms. The number of rotatable bonds is 0. The second-order valence-corrected chi connectivity index (χ2v) is 5.02. The van der Waals surface area contributed by atoms with Crippen LogP contribution in [-0.4, -0.2) is 24.7 Å². The fourth-order valence-electron chi connectivity index (χ4n) is 3.03. The molecule has 0 amide bonds. The maximum atomic E-state index is 13.5. The lowest BCUT2D eigenvalue weighted by Gasteiger charge is -2.44. The first-order chi connectivity index (χ1) is 7.02. The van der Waals surface area contributed by atoms with Crippen LogP contribution in [0.25, 0.3) is 0 Å². The maximum Gasteiger partial charge on any atom is 0.165 e. The molecule has 0 bridgehead atoms. The maximum absolute atomic E-state index is 13.5. The van der Waals surface area contributed by atoms with E-state index in [2.05, 4.69) is 0 Å². The summed E-state index contributed by atoms with van der Waals surface area (Å²) in [4.78, 5) is 0. The normalized spacial score (nSPS) is 56.2. The number of alkyl halides is 4. The molecule has 0 heterocycles. The summed E-state index contributed by atoms with van der Waals surface area (Å²) >= 11 is 0. The second kappa shape index (κ2) is 3.95. The lowest BCUT2D eigenvalue weighted by atomic mass is 9.65. The molecular weight excluding hydrogens is 208 g/mol. The van der Waals surface area contributed by atoms with Crippen molar-refractivity contribution in [2.75, 3.05) is 0 Å². The zero-order valence-electron chi connectivity index (χ0n) is 8.67. The van der Waals surface area contributed by atoms with Gasteiger partial charge in [-0.3, -0.25) is 0 Å². The summed E-state index contributed by atoms with van der Waals surface area (Å²) in [6, 6.07) is 0. The van der Waals surface area contributed by atoms with E-state index in [-0.39, 0.29) is 0 Å². The van der Waals surface area contributed by atoms with Gasteiger partial charge in [-0.2, -0.15) is 0 Å². The molecule has 2 saturated carbocycles. The molecule has 0 aromatic heterocycles. The van der Waals surface area contributed by atoms with Gasteiger partial charge in [-0.1, -0.05) is 13.3 Å². The molecule has 0 aliphatic heterocycles. The van der Waals surface area contributed by atoms with Crippen molar-refractivity contribution in [2.45, 2.75) is 50.9 Å². The lowest BCUT2D eigenvalue weighted by molar-refractivity contribution is -0.0980. The van der Waals surface area contributed by atoms with Crippen molar-refractivity contribution in [1.82, 2.24) is 0 Å². The molecule has 0 radical (unpaired) electrons. The topological polar surface area (TPSA) is 0 Å². The highest BCUT2D eigenvalue weighted by molar-refractivity contribution is 5.00. The van der Waals surface area contributed by atoms with Crippen molar-refractivity contribution in [3.05, 3.63) is 0 Å². The van der Waals surface area contributed by atoms with Crippen molar-refractivity contribution in [1.29, 1.82) is 0 Å². The number of hydrogen-bond acceptors (Lipinski definition) is 0. The summed E-state index contributed by atoms with van der Waals surface area (Å²) in [7, 11) is 0. The van der Waals surface area contributed by atoms with E-state index in [1.54, 1.807) is 0 Å². The van der Waals surface area contributed by atoms with E-state index in [0.717, 1.165) is 6.42 Å². The largest absolute Gasteiger partial charge is 0.244 e. The SMILES string of the molecule is CC1CCC2C(F)C(F)C(F)C(F)C2C1. The van der Waals surface area contributed by atoms with Gasteiger partial charge in [-0.15, -0.1) is 0 Å². The van der Waals surface area contributed by atoms with Gasteiger partial charge in [0, 0.05) is 0 Å². The van der Waals surface area contributed by atoms with E-state index in [9.17, 15) is 17.6 Å². The van der Waals surface area contributed by atoms with Gasteiger partial charge < -0.3 is 0 Å². The highest BCUT2D eigenvalue weighted by atomic mass is 19.2. The molecule has 7 atom stereocenters. The summed E-state index contributed by atoms with van der Waals surface area (Å²) < 4.78 is 53.2. The van der Waals surface area contributed by atoms with E-state index >= 15 is 0 Å². The zero-order chi connectivity index (χ0) is 11.2. The van der Waals surface area contributed by atoms with Gasteiger partial charge in [0.05, 0.1) is 0 Å². The molecule has 0 aromatic rings. The van der Waals surface area contributed by atoms with E-state index < -0.39 is 36.5 Å². The Hall–Kier alpha value is -0.280. The van der Waals surface area contributed by atoms with Gasteiger partial charge in [-0.05, 0) is 30.6 Å². The van der Waals surface area contributed by atoms with E-state index in [1.807, 2.05) is 6.92 Å². The lowest BCUT2D eigenvalue weighted by Crippen LogP contribution is -2.53. The smallest absolute Gasteiger partial charge is 0.165 e. The van der Waals surface area contributed by atoms with Gasteiger partial charge >= 0.3 is 0 Å². The van der Waals surface area contributed by atoms with Crippen molar-refractivity contribution < 1.29 is 17.6 Å². The van der Waals surface area contributed by atoms with Crippen LogP contribution in [0.3, 0.4) is 0 Å². The van der Waals surface area contributed by atoms with Crippen LogP contribution in [-0.2, 0) is 0 Å². The molecule has 0 aromatic carbocycles. The molecule has 15 heavy (non-hydrogen) atoms. The molecule has 2 fully saturated rings. The Labute approximate surface area is 87.0 Å². The predicted molar refractivity (Wildman–Crippen MR) is 49.6 cm³/mol. The van der Waals surface area contributed by atoms with Gasteiger partial charge in [0.25, 0.3) is 0 Å². The van der Waals surface area contributed by atoms with Gasteiger partial charge in [0.15, 0.2) is 12.3 Å². The van der Waals surface area contributed by atoms with Gasteiger partial charge in [-0.25, -0.2) is 17.6 Å². The third-order valence-corrected chi connectivity index (χ3v) is 3.95. The highest BCUT2D eigenvalue weighted by Crippen LogP contribution is 2.46. The first-order valence-electron chi connectivity index (χ1n) is 5.58. The summed E-state index contributed by atoms with van der Waals surface area (Å²) in [5.74, 6) is -0.941. The molecule has 0 N–H and O–H groups in total. The fourth-order valence-corrected chi connectivity index (χ4v) is 3.03. The number of fused-ring (bicyclic) bond motifs is 1. The zero-order valence-corrected chi connectivity index (χ0v) is 8.67. The number of hydrogen-bond donors (Lipinski definition) is 0. The van der Waals surface area contributed by atoms with Crippen molar-refractivity contribution in [3.63, 3.8) is 0 Å². The van der Waals surface area contributed by atoms with E-state index in [0.29, 0.717) is 18.8 Å². The Kier molecular flexibility index (Phi) is 2.95. The van der Waals surface area contributed by atoms with Gasteiger partial charge in [0.1, 0.15) is 12.3 Å². The molecule has 2 aliphatic carbocycles. The number of halogens is 4. The Morgan fingerprint density at radius 1 is 0.733 bits per heavy atom. The monoisotopic (exact) mass is 224 g/mol. The van der Waals surface area contributed by atoms with Crippen molar-refractivity contribution in [2.24, 2.45) is 17.8 Å². The summed E-state index contributed by atoms with van der Waals surface area (Å²) in [5, 5.41) is 0. The van der Waals surface area contributed by atoms with Crippen molar-refractivity contribution >= 4 is 0 Å². The Bertz CT molecular complexity index is 233. The summed E-state index contributed by atoms with van der Waals surface area (Å²) in [5.41, 5.74) is 0. The van der Waals surface area contributed by atoms with Crippen LogP contribution < -0.4 is 0 Å². The molecule has 0 saturated heterocycles. The highest BCUT2D eigenvalue weighted by Gasteiger charge is 2.53. The standard InChI is InChI=1S/C11H16F4/c1-5-2-3-6-7(4-5)9(13)11(15)10(14)8(6)12/h5-11H,2-4H2,1H3. The summed E-state index contributed by atoms with van der Waals surface area (Å²) in [6.45, 7) is 1.95. The van der Waals surface area contributed by atoms with Gasteiger partial charge in [0.2, 0.25) is 0 Å². The second-order valence-electron chi connectivity index (χ2n) is 5.02. The van der Waals surface area contributed by atoms with Crippen LogP contribution in [0, 0.1) is 17.8 Å². The average molecular weight is 224 g/mol. The minimum atomic E-state index is -2.27. The van der Waals surface area contributed by atoms with E-state index in [4.69, 9.17) is 0 Å². The molecule has 2 rings (SSSR count). The Balaban J connectivity index is 2.17.